The van der Waals surface area contributed by atoms with Crippen LogP contribution >= 0.6 is 0 Å². The molecule has 300 valence electrons. The van der Waals surface area contributed by atoms with Gasteiger partial charge in [0.15, 0.2) is 0 Å². The first-order valence-electron chi connectivity index (χ1n) is 19.5. The predicted molar refractivity (Wildman–Crippen MR) is 216 cm³/mol. The average Bonchev–Trinajstić information content (AvgIpc) is 4.05. The Bertz CT molecular complexity index is 2050. The van der Waals surface area contributed by atoms with Crippen molar-refractivity contribution in [3.05, 3.63) is 98.1 Å². The number of benzene rings is 2. The maximum atomic E-state index is 13.7. The fraction of sp³-hybridized carbons (Fsp3) is 0.395. The SMILES string of the molecule is C=CCOC(=O)N[C@H](C(=O)N1CCC[C@@H]1c1ncc(-c2ccc(-c3ccc(-c4cnc([C@H]5CCCN5C(=O)[C@@H](NC(=O)OC=C)C(C)C)[nH]4)cc3)cc2)[nH]1)C(C)C. The summed E-state index contributed by atoms with van der Waals surface area (Å²) in [7, 11) is 0. The summed E-state index contributed by atoms with van der Waals surface area (Å²) in [6, 6.07) is 14.5. The summed E-state index contributed by atoms with van der Waals surface area (Å²) in [5.74, 6) is 0.821. The zero-order valence-corrected chi connectivity index (χ0v) is 33.0. The topological polar surface area (TPSA) is 175 Å². The lowest BCUT2D eigenvalue weighted by molar-refractivity contribution is -0.136. The van der Waals surface area contributed by atoms with Crippen molar-refractivity contribution < 1.29 is 28.7 Å². The quantitative estimate of drug-likeness (QED) is 0.0763. The molecule has 2 aromatic heterocycles. The van der Waals surface area contributed by atoms with Crippen molar-refractivity contribution in [2.45, 2.75) is 77.5 Å². The number of likely N-dealkylation sites (tertiary alicyclic amines) is 2. The number of amides is 4. The number of hydrogen-bond acceptors (Lipinski definition) is 8. The maximum Gasteiger partial charge on any atom is 0.412 e. The van der Waals surface area contributed by atoms with Gasteiger partial charge in [-0.15, -0.1) is 0 Å². The molecule has 4 aromatic rings. The Balaban J connectivity index is 1.09. The molecule has 4 atom stereocenters. The van der Waals surface area contributed by atoms with Crippen molar-refractivity contribution in [3.63, 3.8) is 0 Å². The van der Waals surface area contributed by atoms with Gasteiger partial charge in [0, 0.05) is 13.1 Å². The van der Waals surface area contributed by atoms with Crippen molar-refractivity contribution >= 4 is 24.0 Å². The lowest BCUT2D eigenvalue weighted by Crippen LogP contribution is -2.51. The highest BCUT2D eigenvalue weighted by atomic mass is 16.5. The van der Waals surface area contributed by atoms with Gasteiger partial charge in [-0.2, -0.15) is 0 Å². The minimum Gasteiger partial charge on any atom is -0.445 e. The van der Waals surface area contributed by atoms with Crippen LogP contribution in [0.4, 0.5) is 9.59 Å². The van der Waals surface area contributed by atoms with Gasteiger partial charge in [0.05, 0.1) is 42.1 Å². The van der Waals surface area contributed by atoms with Gasteiger partial charge in [0.25, 0.3) is 0 Å². The van der Waals surface area contributed by atoms with E-state index >= 15 is 0 Å². The largest absolute Gasteiger partial charge is 0.445 e. The van der Waals surface area contributed by atoms with E-state index in [1.54, 1.807) is 22.2 Å². The summed E-state index contributed by atoms with van der Waals surface area (Å²) in [6.45, 7) is 15.7. The number of aromatic nitrogens is 4. The Morgan fingerprint density at radius 1 is 0.719 bits per heavy atom. The van der Waals surface area contributed by atoms with Crippen LogP contribution < -0.4 is 10.6 Å². The van der Waals surface area contributed by atoms with Crippen LogP contribution in [0.1, 0.15) is 77.1 Å². The third-order valence-corrected chi connectivity index (χ3v) is 10.6. The number of rotatable bonds is 14. The molecule has 2 aliphatic rings. The number of nitrogens with zero attached hydrogens (tertiary/aromatic N) is 4. The highest BCUT2D eigenvalue weighted by Crippen LogP contribution is 2.35. The van der Waals surface area contributed by atoms with Crippen LogP contribution in [0.2, 0.25) is 0 Å². The van der Waals surface area contributed by atoms with Crippen molar-refractivity contribution in [3.8, 4) is 33.6 Å². The molecule has 4 N–H and O–H groups in total. The smallest absolute Gasteiger partial charge is 0.412 e. The number of hydrogen-bond donors (Lipinski definition) is 4. The molecule has 0 unspecified atom stereocenters. The van der Waals surface area contributed by atoms with Gasteiger partial charge >= 0.3 is 12.2 Å². The highest BCUT2D eigenvalue weighted by Gasteiger charge is 2.39. The molecular formula is C43H52N8O6. The third kappa shape index (κ3) is 9.28. The van der Waals surface area contributed by atoms with Crippen LogP contribution in [0.5, 0.6) is 0 Å². The number of alkyl carbamates (subject to hydrolysis) is 2. The van der Waals surface area contributed by atoms with Gasteiger partial charge in [-0.05, 0) is 59.8 Å². The Labute approximate surface area is 333 Å². The second-order valence-electron chi connectivity index (χ2n) is 15.1. The molecular weight excluding hydrogens is 725 g/mol. The molecule has 2 aromatic carbocycles. The first-order chi connectivity index (χ1) is 27.5. The van der Waals surface area contributed by atoms with E-state index in [0.717, 1.165) is 65.6 Å². The van der Waals surface area contributed by atoms with Crippen LogP contribution in [-0.4, -0.2) is 85.5 Å². The van der Waals surface area contributed by atoms with Gasteiger partial charge in [-0.1, -0.05) is 95.5 Å². The Morgan fingerprint density at radius 2 is 1.14 bits per heavy atom. The van der Waals surface area contributed by atoms with Crippen LogP contribution in [0.3, 0.4) is 0 Å². The summed E-state index contributed by atoms with van der Waals surface area (Å²) in [5, 5.41) is 5.40. The molecule has 4 amide bonds. The number of ether oxygens (including phenoxy) is 2. The molecule has 0 bridgehead atoms. The second-order valence-corrected chi connectivity index (χ2v) is 15.1. The average molecular weight is 777 g/mol. The molecule has 2 aliphatic heterocycles. The molecule has 14 heteroatoms. The van der Waals surface area contributed by atoms with Crippen LogP contribution in [0, 0.1) is 11.8 Å². The zero-order chi connectivity index (χ0) is 40.6. The molecule has 6 rings (SSSR count). The Kier molecular flexibility index (Phi) is 12.9. The molecule has 0 radical (unpaired) electrons. The van der Waals surface area contributed by atoms with Crippen molar-refractivity contribution in [2.24, 2.45) is 11.8 Å². The van der Waals surface area contributed by atoms with E-state index in [9.17, 15) is 19.2 Å². The van der Waals surface area contributed by atoms with E-state index in [0.29, 0.717) is 24.7 Å². The van der Waals surface area contributed by atoms with Crippen molar-refractivity contribution in [2.75, 3.05) is 19.7 Å². The van der Waals surface area contributed by atoms with Gasteiger partial charge in [0.2, 0.25) is 11.8 Å². The monoisotopic (exact) mass is 776 g/mol. The second kappa shape index (κ2) is 18.2. The van der Waals surface area contributed by atoms with Crippen molar-refractivity contribution in [1.82, 2.24) is 40.4 Å². The number of nitrogens with one attached hydrogen (secondary N) is 4. The molecule has 2 saturated heterocycles. The normalized spacial score (nSPS) is 17.6. The molecule has 0 spiro atoms. The van der Waals surface area contributed by atoms with Gasteiger partial charge in [0.1, 0.15) is 30.3 Å². The summed E-state index contributed by atoms with van der Waals surface area (Å²) < 4.78 is 9.88. The fourth-order valence-electron chi connectivity index (χ4n) is 7.54. The number of aromatic amines is 2. The van der Waals surface area contributed by atoms with E-state index in [1.807, 2.05) is 52.0 Å². The first-order valence-corrected chi connectivity index (χ1v) is 19.5. The lowest BCUT2D eigenvalue weighted by atomic mass is 10.0. The van der Waals surface area contributed by atoms with E-state index in [4.69, 9.17) is 9.47 Å². The number of imidazole rings is 2. The maximum absolute atomic E-state index is 13.7. The fourth-order valence-corrected chi connectivity index (χ4v) is 7.54. The highest BCUT2D eigenvalue weighted by molar-refractivity contribution is 5.87. The molecule has 0 aliphatic carbocycles. The molecule has 2 fully saturated rings. The summed E-state index contributed by atoms with van der Waals surface area (Å²) >= 11 is 0. The standard InChI is InChI=1S/C43H52N8O6/c1-7-23-57-43(55)49-37(27(5)6)41(53)51-22-10-12-35(51)39-45-25-33(47-39)31-19-15-29(16-20-31)28-13-17-30(18-14-28)32-24-44-38(46-32)34-11-9-21-50(34)40(52)36(26(3)4)48-42(54)56-8-2/h7-8,13-20,24-27,34-37H,1-2,9-12,21-23H2,3-6H3,(H,44,46)(H,45,47)(H,48,54)(H,49,55)/t34-,35-,36+,37+/m1/s1. The molecule has 4 heterocycles. The number of carbonyl (C=O) groups excluding carboxylic acids is 4. The Hall–Kier alpha value is -6.18. The summed E-state index contributed by atoms with van der Waals surface area (Å²) in [5.41, 5.74) is 5.72. The minimum absolute atomic E-state index is 0.0672. The number of H-pyrrole nitrogens is 2. The predicted octanol–water partition coefficient (Wildman–Crippen LogP) is 7.29. The summed E-state index contributed by atoms with van der Waals surface area (Å²) in [6.07, 6.45) is 7.95. The lowest BCUT2D eigenvalue weighted by Gasteiger charge is -2.30. The molecule has 14 nitrogen and oxygen atoms in total. The van der Waals surface area contributed by atoms with E-state index in [2.05, 4.69) is 68.0 Å². The van der Waals surface area contributed by atoms with E-state index < -0.39 is 24.3 Å². The molecule has 57 heavy (non-hydrogen) atoms. The van der Waals surface area contributed by atoms with Crippen LogP contribution in [-0.2, 0) is 19.1 Å². The van der Waals surface area contributed by atoms with Crippen LogP contribution in [0.15, 0.2) is 86.4 Å². The van der Waals surface area contributed by atoms with Crippen molar-refractivity contribution in [1.29, 1.82) is 0 Å². The number of carbonyl (C=O) groups is 4. The first kappa shape index (κ1) is 40.5. The Morgan fingerprint density at radius 3 is 1.54 bits per heavy atom. The van der Waals surface area contributed by atoms with Crippen LogP contribution in [0.25, 0.3) is 33.6 Å². The van der Waals surface area contributed by atoms with E-state index in [1.165, 1.54) is 6.08 Å². The van der Waals surface area contributed by atoms with Gasteiger partial charge in [-0.3, -0.25) is 9.59 Å². The zero-order valence-electron chi connectivity index (χ0n) is 33.0. The third-order valence-electron chi connectivity index (χ3n) is 10.6. The van der Waals surface area contributed by atoms with Gasteiger partial charge < -0.3 is 39.9 Å². The van der Waals surface area contributed by atoms with Gasteiger partial charge in [-0.25, -0.2) is 19.6 Å². The molecule has 0 saturated carbocycles. The van der Waals surface area contributed by atoms with E-state index in [-0.39, 0.29) is 42.3 Å². The minimum atomic E-state index is -0.736. The summed E-state index contributed by atoms with van der Waals surface area (Å²) in [4.78, 5) is 71.5.